The maximum Gasteiger partial charge on any atom is 0.258 e. The van der Waals surface area contributed by atoms with Crippen LogP contribution in [0, 0.1) is 27.7 Å². The molecule has 0 bridgehead atoms. The van der Waals surface area contributed by atoms with Crippen molar-refractivity contribution in [1.29, 1.82) is 0 Å². The number of benzene rings is 8. The van der Waals surface area contributed by atoms with Crippen LogP contribution < -0.4 is 24.5 Å². The number of hydrogen-bond acceptors (Lipinski definition) is 12. The highest BCUT2D eigenvalue weighted by Crippen LogP contribution is 2.42. The number of aromatic amines is 5. The van der Waals surface area contributed by atoms with E-state index < -0.39 is 0 Å². The molecule has 8 aromatic heterocycles. The van der Waals surface area contributed by atoms with Gasteiger partial charge < -0.3 is 63.7 Å². The number of nitrogens with one attached hydrogen (secondary N) is 5. The first-order chi connectivity index (χ1) is 46.3. The van der Waals surface area contributed by atoms with Gasteiger partial charge in [-0.1, -0.05) is 53.5 Å². The van der Waals surface area contributed by atoms with Crippen molar-refractivity contribution in [3.05, 3.63) is 189 Å². The van der Waals surface area contributed by atoms with Crippen LogP contribution in [-0.2, 0) is 0 Å². The van der Waals surface area contributed by atoms with E-state index in [-0.39, 0.29) is 11.3 Å². The number of aromatic nitrogens is 8. The van der Waals surface area contributed by atoms with E-state index in [1.165, 1.54) is 5.39 Å². The summed E-state index contributed by atoms with van der Waals surface area (Å²) in [6.07, 6.45) is 7.17. The van der Waals surface area contributed by atoms with Crippen LogP contribution in [-0.4, -0.2) is 149 Å². The average molecular weight is 1320 g/mol. The van der Waals surface area contributed by atoms with Crippen molar-refractivity contribution in [1.82, 2.24) is 54.6 Å². The fraction of sp³-hybridized carbons (Fsp3) is 0.221. The monoisotopic (exact) mass is 1320 g/mol. The third-order valence-electron chi connectivity index (χ3n) is 17.6. The molecule has 0 unspecified atom stereocenters. The molecule has 0 aliphatic carbocycles. The van der Waals surface area contributed by atoms with Crippen molar-refractivity contribution in [2.45, 2.75) is 27.7 Å². The molecule has 0 saturated carbocycles. The summed E-state index contributed by atoms with van der Waals surface area (Å²) in [5, 5.41) is 27.4. The number of methoxy groups -OCH3 is 1. The smallest absolute Gasteiger partial charge is 0.258 e. The third kappa shape index (κ3) is 12.6. The highest BCUT2D eigenvalue weighted by Gasteiger charge is 2.19. The number of aromatic hydroxyl groups is 1. The molecule has 0 spiro atoms. The van der Waals surface area contributed by atoms with E-state index in [9.17, 15) is 9.90 Å². The number of halogens is 2. The highest BCUT2D eigenvalue weighted by molar-refractivity contribution is 6.39. The summed E-state index contributed by atoms with van der Waals surface area (Å²) in [6.45, 7) is 12.7. The van der Waals surface area contributed by atoms with Gasteiger partial charge in [-0.2, -0.15) is 0 Å². The van der Waals surface area contributed by atoms with Gasteiger partial charge in [-0.15, -0.1) is 0 Å². The number of phenolic OH excluding ortho intramolecular Hbond substituents is 1. The van der Waals surface area contributed by atoms with Crippen molar-refractivity contribution in [3.63, 3.8) is 0 Å². The lowest BCUT2D eigenvalue weighted by Gasteiger charge is -2.11. The van der Waals surface area contributed by atoms with Crippen LogP contribution in [0.3, 0.4) is 0 Å². The predicted octanol–water partition coefficient (Wildman–Crippen LogP) is 16.8. The predicted molar refractivity (Wildman–Crippen MR) is 397 cm³/mol. The van der Waals surface area contributed by atoms with Gasteiger partial charge in [0.1, 0.15) is 53.1 Å². The molecule has 0 amide bonds. The Labute approximate surface area is 563 Å². The summed E-state index contributed by atoms with van der Waals surface area (Å²) < 4.78 is 23.1. The molecule has 17 nitrogen and oxygen atoms in total. The van der Waals surface area contributed by atoms with Crippen LogP contribution in [0.2, 0.25) is 10.3 Å². The van der Waals surface area contributed by atoms with Crippen LogP contribution in [0.1, 0.15) is 22.3 Å². The Morgan fingerprint density at radius 1 is 0.417 bits per heavy atom. The summed E-state index contributed by atoms with van der Waals surface area (Å²) in [6, 6.07) is 40.4. The molecule has 0 aliphatic rings. The molecular formula is C77H75Cl2N11O6. The average Bonchev–Trinajstić information content (AvgIpc) is 1.60. The second-order valence-electron chi connectivity index (χ2n) is 25.2. The lowest BCUT2D eigenvalue weighted by atomic mass is 10.0. The largest absolute Gasteiger partial charge is 0.508 e. The summed E-state index contributed by atoms with van der Waals surface area (Å²) in [5.74, 6) is 3.53. The van der Waals surface area contributed by atoms with E-state index in [1.54, 1.807) is 37.8 Å². The standard InChI is InChI=1S/C21H23N3O2.C20H20ClN3O.C20H21N3O2.C16H11ClN2O/c1-13-12-22-21(25-4)19-18-16-7-6-15(26-10-9-24(2)3)11-14(16)5-8-17(18)23-20(13)19;1-12-11-22-20(21)18-17-15-6-5-14(25-9-8-24(2)3)10-13(15)4-7-16(17)23-19(12)18;1-12-11-21-20(24)18-17-15-6-5-14(25-9-8-23(2)3)10-13(15)4-7-16(17)22-19(12)18;1-8-7-18-16(17)14-13-11-4-3-10(20)6-9(11)2-5-12(13)19-15(8)14/h5-8,11-12,23H,9-10H2,1-4H3;4-7,10-11,23H,8-9H2,1-3H3;4-7,10-11,22H,8-9H2,1-3H3,(H,21,24);2-7,19-20H,1H3. The lowest BCUT2D eigenvalue weighted by Crippen LogP contribution is -2.19. The Morgan fingerprint density at radius 3 is 1.16 bits per heavy atom. The number of aryl methyl sites for hydroxylation is 4. The summed E-state index contributed by atoms with van der Waals surface area (Å²) in [5.41, 5.74) is 12.4. The van der Waals surface area contributed by atoms with Crippen LogP contribution in [0.4, 0.5) is 0 Å². The van der Waals surface area contributed by atoms with Crippen molar-refractivity contribution < 1.29 is 24.1 Å². The molecule has 8 aromatic carbocycles. The Bertz CT molecular complexity index is 5710. The molecular weight excluding hydrogens is 1250 g/mol. The maximum atomic E-state index is 12.4. The topological polar surface area (TPSA) is 202 Å². The van der Waals surface area contributed by atoms with Gasteiger partial charge in [0.25, 0.3) is 5.56 Å². The number of nitrogens with zero attached hydrogens (tertiary/aromatic N) is 6. The van der Waals surface area contributed by atoms with Gasteiger partial charge in [0.15, 0.2) is 0 Å². The number of fused-ring (bicyclic) bond motifs is 20. The molecule has 16 aromatic rings. The number of H-pyrrole nitrogens is 5. The van der Waals surface area contributed by atoms with Crippen LogP contribution >= 0.6 is 23.2 Å². The summed E-state index contributed by atoms with van der Waals surface area (Å²) in [7, 11) is 13.9. The van der Waals surface area contributed by atoms with Crippen LogP contribution in [0.25, 0.3) is 130 Å². The lowest BCUT2D eigenvalue weighted by molar-refractivity contribution is 0.261. The molecule has 488 valence electrons. The molecule has 6 N–H and O–H groups in total. The Hall–Kier alpha value is -10.1. The Morgan fingerprint density at radius 2 is 0.760 bits per heavy atom. The molecule has 0 saturated heterocycles. The SMILES string of the molecule is COc1ncc(C)c2[nH]c3ccc4cc(OCCN(C)C)ccc4c3c12.Cc1c[nH]c(=O)c2c1[nH]c1ccc3cc(OCCN(C)C)ccc3c12.Cc1cnc(Cl)c2c1[nH]c1ccc3cc(O)ccc3c12.Cc1cnc(Cl)c2c1[nH]c1ccc3cc(OCCN(C)C)ccc3c12. The van der Waals surface area contributed by atoms with Crippen molar-refractivity contribution in [2.24, 2.45) is 0 Å². The van der Waals surface area contributed by atoms with Gasteiger partial charge in [-0.25, -0.2) is 15.0 Å². The van der Waals surface area contributed by atoms with Gasteiger partial charge in [-0.05, 0) is 226 Å². The van der Waals surface area contributed by atoms with E-state index in [1.807, 2.05) is 124 Å². The van der Waals surface area contributed by atoms with Crippen molar-refractivity contribution >= 4 is 154 Å². The number of rotatable bonds is 13. The van der Waals surface area contributed by atoms with E-state index in [0.29, 0.717) is 36.0 Å². The second-order valence-corrected chi connectivity index (χ2v) is 25.9. The molecule has 0 radical (unpaired) electrons. The van der Waals surface area contributed by atoms with E-state index in [4.69, 9.17) is 42.1 Å². The van der Waals surface area contributed by atoms with Gasteiger partial charge >= 0.3 is 0 Å². The number of ether oxygens (including phenoxy) is 4. The molecule has 96 heavy (non-hydrogen) atoms. The molecule has 0 fully saturated rings. The second kappa shape index (κ2) is 26.9. The van der Waals surface area contributed by atoms with Crippen molar-refractivity contribution in [3.8, 4) is 28.9 Å². The summed E-state index contributed by atoms with van der Waals surface area (Å²) >= 11 is 12.7. The maximum absolute atomic E-state index is 12.4. The van der Waals surface area contributed by atoms with E-state index >= 15 is 0 Å². The van der Waals surface area contributed by atoms with E-state index in [2.05, 4.69) is 116 Å². The van der Waals surface area contributed by atoms with Gasteiger partial charge in [-0.3, -0.25) is 4.79 Å². The van der Waals surface area contributed by atoms with Crippen LogP contribution in [0.5, 0.6) is 28.9 Å². The Balaban J connectivity index is 0.000000116. The highest BCUT2D eigenvalue weighted by atomic mass is 35.5. The minimum Gasteiger partial charge on any atom is -0.508 e. The van der Waals surface area contributed by atoms with Crippen LogP contribution in [0.15, 0.2) is 151 Å². The third-order valence-corrected chi connectivity index (χ3v) is 18.2. The first-order valence-electron chi connectivity index (χ1n) is 31.8. The van der Waals surface area contributed by atoms with Crippen molar-refractivity contribution in [2.75, 3.05) is 88.9 Å². The fourth-order valence-electron chi connectivity index (χ4n) is 12.7. The van der Waals surface area contributed by atoms with E-state index in [0.717, 1.165) is 184 Å². The van der Waals surface area contributed by atoms with Gasteiger partial charge in [0.2, 0.25) is 5.88 Å². The van der Waals surface area contributed by atoms with Gasteiger partial charge in [0.05, 0.1) is 39.9 Å². The molecule has 0 atom stereocenters. The minimum absolute atomic E-state index is 0.0642. The zero-order valence-corrected chi connectivity index (χ0v) is 57.0. The molecule has 0 aliphatic heterocycles. The zero-order chi connectivity index (χ0) is 67.2. The zero-order valence-electron chi connectivity index (χ0n) is 55.5. The van der Waals surface area contributed by atoms with Gasteiger partial charge in [0, 0.05) is 98.8 Å². The number of pyridine rings is 4. The summed E-state index contributed by atoms with van der Waals surface area (Å²) in [4.78, 5) is 48.4. The molecule has 16 rings (SSSR count). The number of phenols is 1. The fourth-order valence-corrected chi connectivity index (χ4v) is 13.2. The first kappa shape index (κ1) is 64.6. The Kier molecular flexibility index (Phi) is 18.1. The minimum atomic E-state index is -0.0642. The quantitative estimate of drug-likeness (QED) is 0.0598. The molecule has 8 heterocycles. The first-order valence-corrected chi connectivity index (χ1v) is 32.5. The number of likely N-dealkylation sites (N-methyl/N-ethyl adjacent to an activating group) is 3. The number of hydrogen-bond donors (Lipinski definition) is 6. The normalized spacial score (nSPS) is 11.8. The molecule has 19 heteroatoms.